The Morgan fingerprint density at radius 3 is 2.33 bits per heavy atom. The molecule has 1 saturated heterocycles. The number of halogens is 1. The first-order valence-corrected chi connectivity index (χ1v) is 5.90. The summed E-state index contributed by atoms with van der Waals surface area (Å²) < 4.78 is 25.0. The van der Waals surface area contributed by atoms with Crippen LogP contribution in [0.3, 0.4) is 0 Å². The van der Waals surface area contributed by atoms with Gasteiger partial charge in [-0.2, -0.15) is 4.39 Å². The van der Waals surface area contributed by atoms with Gasteiger partial charge < -0.3 is 9.31 Å². The van der Waals surface area contributed by atoms with Gasteiger partial charge >= 0.3 is 7.12 Å². The minimum absolute atomic E-state index is 0.449. The molecule has 18 heavy (non-hydrogen) atoms. The Hall–Kier alpha value is -1.20. The SMILES string of the molecule is C=Cc1cnc(F)cc1B1OC(C)(C)C(C)(C)O1. The zero-order valence-electron chi connectivity index (χ0n) is 11.2. The maximum Gasteiger partial charge on any atom is 0.495 e. The van der Waals surface area contributed by atoms with Crippen LogP contribution in [0, 0.1) is 5.95 Å². The van der Waals surface area contributed by atoms with E-state index in [9.17, 15) is 4.39 Å². The molecule has 0 bridgehead atoms. The second-order valence-electron chi connectivity index (χ2n) is 5.43. The highest BCUT2D eigenvalue weighted by Crippen LogP contribution is 2.36. The van der Waals surface area contributed by atoms with Crippen molar-refractivity contribution in [3.63, 3.8) is 0 Å². The third-order valence-electron chi connectivity index (χ3n) is 3.66. The van der Waals surface area contributed by atoms with Crippen LogP contribution >= 0.6 is 0 Å². The Labute approximate surface area is 107 Å². The van der Waals surface area contributed by atoms with E-state index < -0.39 is 24.3 Å². The minimum atomic E-state index is -0.597. The van der Waals surface area contributed by atoms with Crippen LogP contribution < -0.4 is 5.46 Å². The summed E-state index contributed by atoms with van der Waals surface area (Å²) in [5.74, 6) is -0.551. The van der Waals surface area contributed by atoms with Crippen LogP contribution in [0.5, 0.6) is 0 Å². The summed E-state index contributed by atoms with van der Waals surface area (Å²) in [5.41, 5.74) is 0.442. The van der Waals surface area contributed by atoms with Crippen LogP contribution in [-0.2, 0) is 9.31 Å². The van der Waals surface area contributed by atoms with Gasteiger partial charge in [0.25, 0.3) is 0 Å². The van der Waals surface area contributed by atoms with Crippen molar-refractivity contribution >= 4 is 18.7 Å². The Bertz CT molecular complexity index is 472. The Morgan fingerprint density at radius 1 is 1.28 bits per heavy atom. The fourth-order valence-corrected chi connectivity index (χ4v) is 1.80. The molecular formula is C13H17BFNO2. The van der Waals surface area contributed by atoms with Crippen molar-refractivity contribution in [1.82, 2.24) is 4.98 Å². The molecule has 0 unspecified atom stereocenters. The van der Waals surface area contributed by atoms with E-state index >= 15 is 0 Å². The van der Waals surface area contributed by atoms with Crippen molar-refractivity contribution in [1.29, 1.82) is 0 Å². The van der Waals surface area contributed by atoms with Crippen molar-refractivity contribution in [3.05, 3.63) is 30.4 Å². The van der Waals surface area contributed by atoms with E-state index in [2.05, 4.69) is 11.6 Å². The largest absolute Gasteiger partial charge is 0.495 e. The zero-order valence-corrected chi connectivity index (χ0v) is 11.2. The minimum Gasteiger partial charge on any atom is -0.399 e. The average molecular weight is 249 g/mol. The summed E-state index contributed by atoms with van der Waals surface area (Å²) in [7, 11) is -0.597. The van der Waals surface area contributed by atoms with Crippen LogP contribution in [0.1, 0.15) is 33.3 Å². The summed E-state index contributed by atoms with van der Waals surface area (Å²) in [6.45, 7) is 11.5. The molecule has 96 valence electrons. The molecule has 1 aliphatic heterocycles. The van der Waals surface area contributed by atoms with Crippen LogP contribution in [-0.4, -0.2) is 23.3 Å². The third kappa shape index (κ3) is 2.08. The molecule has 0 N–H and O–H groups in total. The number of rotatable bonds is 2. The molecule has 5 heteroatoms. The molecule has 0 aromatic carbocycles. The van der Waals surface area contributed by atoms with E-state index in [1.54, 1.807) is 6.08 Å². The van der Waals surface area contributed by atoms with E-state index in [-0.39, 0.29) is 0 Å². The lowest BCUT2D eigenvalue weighted by Gasteiger charge is -2.32. The van der Waals surface area contributed by atoms with Gasteiger partial charge in [-0.3, -0.25) is 0 Å². The number of hydrogen-bond donors (Lipinski definition) is 0. The second-order valence-corrected chi connectivity index (χ2v) is 5.43. The number of pyridine rings is 1. The third-order valence-corrected chi connectivity index (χ3v) is 3.66. The summed E-state index contributed by atoms with van der Waals surface area (Å²) in [6.07, 6.45) is 3.05. The summed E-state index contributed by atoms with van der Waals surface area (Å²) in [5, 5.41) is 0. The summed E-state index contributed by atoms with van der Waals surface area (Å²) in [4.78, 5) is 3.61. The molecule has 2 heterocycles. The van der Waals surface area contributed by atoms with Crippen molar-refractivity contribution in [2.45, 2.75) is 38.9 Å². The van der Waals surface area contributed by atoms with Crippen molar-refractivity contribution in [2.24, 2.45) is 0 Å². The van der Waals surface area contributed by atoms with Gasteiger partial charge in [-0.05, 0) is 44.8 Å². The van der Waals surface area contributed by atoms with E-state index in [1.165, 1.54) is 12.3 Å². The Kier molecular flexibility index (Phi) is 3.07. The van der Waals surface area contributed by atoms with Gasteiger partial charge in [-0.15, -0.1) is 0 Å². The highest BCUT2D eigenvalue weighted by Gasteiger charge is 2.52. The Morgan fingerprint density at radius 2 is 1.83 bits per heavy atom. The lowest BCUT2D eigenvalue weighted by molar-refractivity contribution is 0.00578. The second kappa shape index (κ2) is 4.18. The first-order valence-electron chi connectivity index (χ1n) is 5.90. The molecule has 0 radical (unpaired) electrons. The molecule has 0 atom stereocenters. The first kappa shape index (κ1) is 13.2. The molecule has 1 aromatic rings. The fraction of sp³-hybridized carbons (Fsp3) is 0.462. The van der Waals surface area contributed by atoms with Gasteiger partial charge in [-0.25, -0.2) is 4.98 Å². The highest BCUT2D eigenvalue weighted by atomic mass is 19.1. The van der Waals surface area contributed by atoms with Crippen molar-refractivity contribution in [2.75, 3.05) is 0 Å². The van der Waals surface area contributed by atoms with E-state index in [1.807, 2.05) is 27.7 Å². The maximum absolute atomic E-state index is 13.3. The molecule has 1 aromatic heterocycles. The summed E-state index contributed by atoms with van der Waals surface area (Å²) >= 11 is 0. The highest BCUT2D eigenvalue weighted by molar-refractivity contribution is 6.63. The van der Waals surface area contributed by atoms with Crippen LogP contribution in [0.4, 0.5) is 4.39 Å². The molecule has 1 aliphatic rings. The topological polar surface area (TPSA) is 31.4 Å². The van der Waals surface area contributed by atoms with Gasteiger partial charge in [-0.1, -0.05) is 12.7 Å². The van der Waals surface area contributed by atoms with Crippen LogP contribution in [0.15, 0.2) is 18.8 Å². The van der Waals surface area contributed by atoms with Crippen LogP contribution in [0.2, 0.25) is 0 Å². The van der Waals surface area contributed by atoms with Gasteiger partial charge in [0, 0.05) is 6.20 Å². The predicted octanol–water partition coefficient (Wildman–Crippen LogP) is 2.16. The van der Waals surface area contributed by atoms with Gasteiger partial charge in [0.1, 0.15) is 0 Å². The molecule has 0 amide bonds. The number of nitrogens with zero attached hydrogens (tertiary/aromatic N) is 1. The van der Waals surface area contributed by atoms with E-state index in [0.29, 0.717) is 5.46 Å². The predicted molar refractivity (Wildman–Crippen MR) is 70.0 cm³/mol. The molecule has 2 rings (SSSR count). The lowest BCUT2D eigenvalue weighted by atomic mass is 9.76. The van der Waals surface area contributed by atoms with Crippen molar-refractivity contribution < 1.29 is 13.7 Å². The van der Waals surface area contributed by atoms with Crippen LogP contribution in [0.25, 0.3) is 6.08 Å². The standard InChI is InChI=1S/C13H17BFNO2/c1-6-9-8-16-11(15)7-10(9)14-17-12(2,3)13(4,5)18-14/h6-8H,1H2,2-5H3. The normalized spacial score (nSPS) is 21.1. The molecule has 1 fully saturated rings. The number of aromatic nitrogens is 1. The summed E-state index contributed by atoms with van der Waals surface area (Å²) in [6, 6.07) is 1.33. The monoisotopic (exact) mass is 249 g/mol. The average Bonchev–Trinajstić information content (AvgIpc) is 2.48. The fourth-order valence-electron chi connectivity index (χ4n) is 1.80. The van der Waals surface area contributed by atoms with E-state index in [0.717, 1.165) is 5.56 Å². The lowest BCUT2D eigenvalue weighted by Crippen LogP contribution is -2.41. The molecule has 0 spiro atoms. The van der Waals surface area contributed by atoms with Gasteiger partial charge in [0.05, 0.1) is 11.2 Å². The molecule has 3 nitrogen and oxygen atoms in total. The van der Waals surface area contributed by atoms with Gasteiger partial charge in [0.2, 0.25) is 5.95 Å². The smallest absolute Gasteiger partial charge is 0.399 e. The molecule has 0 aliphatic carbocycles. The van der Waals surface area contributed by atoms with Gasteiger partial charge in [0.15, 0.2) is 0 Å². The first-order chi connectivity index (χ1) is 8.27. The van der Waals surface area contributed by atoms with E-state index in [4.69, 9.17) is 9.31 Å². The Balaban J connectivity index is 2.40. The molecular weight excluding hydrogens is 232 g/mol. The molecule has 0 saturated carbocycles. The zero-order chi connectivity index (χ0) is 13.6. The maximum atomic E-state index is 13.3. The van der Waals surface area contributed by atoms with Crippen molar-refractivity contribution in [3.8, 4) is 0 Å². The number of hydrogen-bond acceptors (Lipinski definition) is 3. The quantitative estimate of drug-likeness (QED) is 0.594.